The van der Waals surface area contributed by atoms with Crippen molar-refractivity contribution >= 4 is 0 Å². The molecular weight excluding hydrogens is 311 g/mol. The molecule has 0 saturated carbocycles. The molecule has 0 aromatic heterocycles. The van der Waals surface area contributed by atoms with Gasteiger partial charge in [-0.15, -0.1) is 0 Å². The van der Waals surface area contributed by atoms with Gasteiger partial charge in [0.15, 0.2) is 0 Å². The normalized spacial score (nSPS) is 22.5. The number of benzene rings is 2. The molecule has 2 unspecified atom stereocenters. The van der Waals surface area contributed by atoms with E-state index < -0.39 is 0 Å². The molecule has 2 aliphatic rings. The Hall–Kier alpha value is -2.44. The zero-order valence-electron chi connectivity index (χ0n) is 14.2. The van der Waals surface area contributed by atoms with Gasteiger partial charge in [0, 0.05) is 18.6 Å². The lowest BCUT2D eigenvalue weighted by Crippen LogP contribution is -2.38. The van der Waals surface area contributed by atoms with Crippen molar-refractivity contribution in [2.24, 2.45) is 0 Å². The van der Waals surface area contributed by atoms with Crippen LogP contribution in [0, 0.1) is 17.1 Å². The Morgan fingerprint density at radius 2 is 1.96 bits per heavy atom. The number of hydrogen-bond donors (Lipinski definition) is 0. The fourth-order valence-corrected chi connectivity index (χ4v) is 4.24. The topological polar surface area (TPSA) is 27.0 Å². The zero-order chi connectivity index (χ0) is 17.2. The van der Waals surface area contributed by atoms with Crippen molar-refractivity contribution in [2.75, 3.05) is 0 Å². The minimum Gasteiger partial charge on any atom is -0.289 e. The molecular formula is C22H21FN2. The van der Waals surface area contributed by atoms with E-state index in [4.69, 9.17) is 0 Å². The maximum atomic E-state index is 13.6. The van der Waals surface area contributed by atoms with Gasteiger partial charge in [-0.2, -0.15) is 5.26 Å². The maximum absolute atomic E-state index is 13.6. The van der Waals surface area contributed by atoms with E-state index in [2.05, 4.69) is 47.4 Å². The van der Waals surface area contributed by atoms with Gasteiger partial charge in [0.05, 0.1) is 11.6 Å². The summed E-state index contributed by atoms with van der Waals surface area (Å²) in [4.78, 5) is 2.59. The Balaban J connectivity index is 1.52. The van der Waals surface area contributed by atoms with E-state index in [0.29, 0.717) is 24.1 Å². The summed E-state index contributed by atoms with van der Waals surface area (Å²) in [6.07, 6.45) is 6.47. The number of halogens is 1. The molecule has 2 aromatic rings. The SMILES string of the molecule is N#Cc1ccc(F)cc1CC1=CC2CCC(C1)N2Cc1ccccc1. The molecule has 0 N–H and O–H groups in total. The Kier molecular flexibility index (Phi) is 4.38. The van der Waals surface area contributed by atoms with E-state index in [1.54, 1.807) is 6.07 Å². The lowest BCUT2D eigenvalue weighted by Gasteiger charge is -2.34. The van der Waals surface area contributed by atoms with E-state index in [1.165, 1.54) is 36.1 Å². The molecule has 3 heteroatoms. The number of nitriles is 1. The van der Waals surface area contributed by atoms with E-state index >= 15 is 0 Å². The second kappa shape index (κ2) is 6.82. The smallest absolute Gasteiger partial charge is 0.123 e. The second-order valence-corrected chi connectivity index (χ2v) is 7.08. The quantitative estimate of drug-likeness (QED) is 0.765. The van der Waals surface area contributed by atoms with Crippen molar-refractivity contribution in [3.63, 3.8) is 0 Å². The molecule has 1 saturated heterocycles. The van der Waals surface area contributed by atoms with Crippen LogP contribution in [0.1, 0.15) is 36.0 Å². The number of fused-ring (bicyclic) bond motifs is 2. The van der Waals surface area contributed by atoms with E-state index in [-0.39, 0.29) is 5.82 Å². The fourth-order valence-electron chi connectivity index (χ4n) is 4.24. The van der Waals surface area contributed by atoms with Crippen molar-refractivity contribution in [3.05, 3.63) is 82.7 Å². The van der Waals surface area contributed by atoms with Gasteiger partial charge < -0.3 is 0 Å². The first-order valence-corrected chi connectivity index (χ1v) is 8.90. The molecule has 126 valence electrons. The average molecular weight is 332 g/mol. The van der Waals surface area contributed by atoms with E-state index in [9.17, 15) is 9.65 Å². The predicted molar refractivity (Wildman–Crippen MR) is 96.3 cm³/mol. The van der Waals surface area contributed by atoms with Gasteiger partial charge in [-0.3, -0.25) is 4.90 Å². The van der Waals surface area contributed by atoms with Crippen LogP contribution < -0.4 is 0 Å². The van der Waals surface area contributed by atoms with Crippen LogP contribution in [-0.2, 0) is 13.0 Å². The number of rotatable bonds is 4. The van der Waals surface area contributed by atoms with Crippen molar-refractivity contribution < 1.29 is 4.39 Å². The van der Waals surface area contributed by atoms with Crippen molar-refractivity contribution in [1.82, 2.24) is 4.90 Å². The highest BCUT2D eigenvalue weighted by Gasteiger charge is 2.36. The third-order valence-corrected chi connectivity index (χ3v) is 5.43. The highest BCUT2D eigenvalue weighted by atomic mass is 19.1. The summed E-state index contributed by atoms with van der Waals surface area (Å²) < 4.78 is 13.6. The minimum atomic E-state index is -0.265. The third-order valence-electron chi connectivity index (χ3n) is 5.43. The van der Waals surface area contributed by atoms with Crippen LogP contribution >= 0.6 is 0 Å². The van der Waals surface area contributed by atoms with Crippen LogP contribution in [0.15, 0.2) is 60.2 Å². The molecule has 2 aliphatic heterocycles. The highest BCUT2D eigenvalue weighted by molar-refractivity contribution is 5.41. The molecule has 2 bridgehead atoms. The molecule has 0 radical (unpaired) electrons. The van der Waals surface area contributed by atoms with Crippen LogP contribution in [0.2, 0.25) is 0 Å². The summed E-state index contributed by atoms with van der Waals surface area (Å²) in [5, 5.41) is 9.26. The summed E-state index contributed by atoms with van der Waals surface area (Å²) >= 11 is 0. The van der Waals surface area contributed by atoms with Crippen molar-refractivity contribution in [3.8, 4) is 6.07 Å². The molecule has 0 aliphatic carbocycles. The average Bonchev–Trinajstić information content (AvgIpc) is 2.85. The molecule has 2 atom stereocenters. The molecule has 2 aromatic carbocycles. The minimum absolute atomic E-state index is 0.265. The first-order chi connectivity index (χ1) is 12.2. The Morgan fingerprint density at radius 1 is 1.12 bits per heavy atom. The molecule has 2 heterocycles. The lowest BCUT2D eigenvalue weighted by atomic mass is 9.93. The predicted octanol–water partition coefficient (Wildman–Crippen LogP) is 4.60. The summed E-state index contributed by atoms with van der Waals surface area (Å²) in [7, 11) is 0. The van der Waals surface area contributed by atoms with Gasteiger partial charge in [0.1, 0.15) is 5.82 Å². The van der Waals surface area contributed by atoms with Crippen molar-refractivity contribution in [2.45, 2.75) is 44.3 Å². The van der Waals surface area contributed by atoms with E-state index in [1.807, 2.05) is 0 Å². The molecule has 0 spiro atoms. The maximum Gasteiger partial charge on any atom is 0.123 e. The Bertz CT molecular complexity index is 835. The zero-order valence-corrected chi connectivity index (χ0v) is 14.2. The van der Waals surface area contributed by atoms with Crippen LogP contribution in [0.4, 0.5) is 4.39 Å². The third kappa shape index (κ3) is 3.36. The van der Waals surface area contributed by atoms with Gasteiger partial charge >= 0.3 is 0 Å². The molecule has 1 fully saturated rings. The molecule has 4 rings (SSSR count). The highest BCUT2D eigenvalue weighted by Crippen LogP contribution is 2.37. The van der Waals surface area contributed by atoms with Gasteiger partial charge in [-0.05, 0) is 55.0 Å². The standard InChI is InChI=1S/C22H21FN2/c23-20-7-6-18(14-24)19(13-20)10-17-11-21-8-9-22(12-17)25(21)15-16-4-2-1-3-5-16/h1-7,11,13,21-22H,8-10,12,15H2. The van der Waals surface area contributed by atoms with Crippen molar-refractivity contribution in [1.29, 1.82) is 5.26 Å². The second-order valence-electron chi connectivity index (χ2n) is 7.08. The summed E-state index contributed by atoms with van der Waals surface area (Å²) in [6.45, 7) is 0.989. The first-order valence-electron chi connectivity index (χ1n) is 8.90. The van der Waals surface area contributed by atoms with Crippen LogP contribution in [0.5, 0.6) is 0 Å². The lowest BCUT2D eigenvalue weighted by molar-refractivity contribution is 0.194. The van der Waals surface area contributed by atoms with E-state index in [0.717, 1.165) is 18.5 Å². The number of hydrogen-bond acceptors (Lipinski definition) is 2. The summed E-state index contributed by atoms with van der Waals surface area (Å²) in [5.74, 6) is -0.265. The Labute approximate surface area is 148 Å². The van der Waals surface area contributed by atoms with Gasteiger partial charge in [0.2, 0.25) is 0 Å². The van der Waals surface area contributed by atoms with Crippen LogP contribution in [0.25, 0.3) is 0 Å². The van der Waals surface area contributed by atoms with Crippen LogP contribution in [0.3, 0.4) is 0 Å². The number of nitrogens with zero attached hydrogens (tertiary/aromatic N) is 2. The largest absolute Gasteiger partial charge is 0.289 e. The molecule has 0 amide bonds. The fraction of sp³-hybridized carbons (Fsp3) is 0.318. The summed E-state index contributed by atoms with van der Waals surface area (Å²) in [5.41, 5.74) is 4.10. The first kappa shape index (κ1) is 16.1. The molecule has 25 heavy (non-hydrogen) atoms. The Morgan fingerprint density at radius 3 is 2.72 bits per heavy atom. The van der Waals surface area contributed by atoms with Crippen LogP contribution in [-0.4, -0.2) is 17.0 Å². The van der Waals surface area contributed by atoms with Gasteiger partial charge in [-0.1, -0.05) is 42.0 Å². The summed E-state index contributed by atoms with van der Waals surface area (Å²) in [6, 6.07) is 18.3. The monoisotopic (exact) mass is 332 g/mol. The molecule has 2 nitrogen and oxygen atoms in total. The van der Waals surface area contributed by atoms with Gasteiger partial charge in [-0.25, -0.2) is 4.39 Å². The van der Waals surface area contributed by atoms with Gasteiger partial charge in [0.25, 0.3) is 0 Å².